The van der Waals surface area contributed by atoms with Gasteiger partial charge in [-0.05, 0) is 36.2 Å². The monoisotopic (exact) mass is 452 g/mol. The molecule has 0 spiro atoms. The van der Waals surface area contributed by atoms with Crippen LogP contribution in [-0.2, 0) is 14.3 Å². The minimum atomic E-state index is -0.749. The Morgan fingerprint density at radius 2 is 1.82 bits per heavy atom. The van der Waals surface area contributed by atoms with Crippen molar-refractivity contribution in [1.29, 1.82) is 0 Å². The molecule has 2 aliphatic heterocycles. The van der Waals surface area contributed by atoms with Crippen LogP contribution in [0, 0.1) is 0 Å². The number of ketones is 1. The van der Waals surface area contributed by atoms with Gasteiger partial charge in [-0.15, -0.1) is 0 Å². The molecule has 8 nitrogen and oxygen atoms in total. The Labute approximate surface area is 192 Å². The molecule has 2 N–H and O–H groups in total. The number of phenolic OH excluding ortho intramolecular Hbond substituents is 1. The van der Waals surface area contributed by atoms with E-state index in [2.05, 4.69) is 4.90 Å². The molecule has 33 heavy (non-hydrogen) atoms. The van der Waals surface area contributed by atoms with Crippen molar-refractivity contribution in [3.05, 3.63) is 65.2 Å². The molecule has 1 atom stereocenters. The lowest BCUT2D eigenvalue weighted by molar-refractivity contribution is -0.140. The normalized spacial score (nSPS) is 20.9. The van der Waals surface area contributed by atoms with Crippen molar-refractivity contribution in [2.24, 2.45) is 0 Å². The zero-order chi connectivity index (χ0) is 23.4. The fraction of sp³-hybridized carbons (Fsp3) is 0.360. The number of likely N-dealkylation sites (tertiary alicyclic amines) is 1. The van der Waals surface area contributed by atoms with E-state index in [-0.39, 0.29) is 17.1 Å². The number of benzene rings is 2. The van der Waals surface area contributed by atoms with Gasteiger partial charge >= 0.3 is 0 Å². The first-order valence-electron chi connectivity index (χ1n) is 11.0. The first kappa shape index (κ1) is 22.8. The van der Waals surface area contributed by atoms with Crippen LogP contribution in [0.1, 0.15) is 23.6 Å². The van der Waals surface area contributed by atoms with Gasteiger partial charge < -0.3 is 24.6 Å². The van der Waals surface area contributed by atoms with Gasteiger partial charge in [0.2, 0.25) is 0 Å². The van der Waals surface area contributed by atoms with Crippen LogP contribution in [-0.4, -0.2) is 78.2 Å². The lowest BCUT2D eigenvalue weighted by atomic mass is 9.95. The Balaban J connectivity index is 1.67. The number of hydrogen-bond donors (Lipinski definition) is 2. The maximum atomic E-state index is 13.1. The minimum absolute atomic E-state index is 0.0327. The molecule has 4 rings (SSSR count). The zero-order valence-corrected chi connectivity index (χ0v) is 18.6. The van der Waals surface area contributed by atoms with E-state index in [0.717, 1.165) is 19.6 Å². The number of carbonyl (C=O) groups is 2. The molecule has 2 fully saturated rings. The smallest absolute Gasteiger partial charge is 0.295 e. The molecule has 8 heteroatoms. The van der Waals surface area contributed by atoms with Crippen LogP contribution < -0.4 is 4.74 Å². The Kier molecular flexibility index (Phi) is 6.96. The second-order valence-corrected chi connectivity index (χ2v) is 8.12. The first-order valence-corrected chi connectivity index (χ1v) is 11.0. The van der Waals surface area contributed by atoms with E-state index in [9.17, 15) is 19.8 Å². The summed E-state index contributed by atoms with van der Waals surface area (Å²) in [5.41, 5.74) is 1.07. The van der Waals surface area contributed by atoms with E-state index in [1.165, 1.54) is 24.1 Å². The van der Waals surface area contributed by atoms with Gasteiger partial charge in [0.05, 0.1) is 31.9 Å². The fourth-order valence-electron chi connectivity index (χ4n) is 4.33. The second kappa shape index (κ2) is 10.1. The Bertz CT molecular complexity index is 1040. The molecule has 2 saturated heterocycles. The predicted molar refractivity (Wildman–Crippen MR) is 122 cm³/mol. The van der Waals surface area contributed by atoms with Gasteiger partial charge in [0, 0.05) is 31.7 Å². The highest BCUT2D eigenvalue weighted by Gasteiger charge is 2.45. The van der Waals surface area contributed by atoms with E-state index in [1.807, 2.05) is 0 Å². The molecule has 0 aliphatic carbocycles. The molecule has 0 bridgehead atoms. The van der Waals surface area contributed by atoms with Crippen molar-refractivity contribution in [2.45, 2.75) is 12.5 Å². The molecule has 174 valence electrons. The van der Waals surface area contributed by atoms with Crippen molar-refractivity contribution in [1.82, 2.24) is 9.80 Å². The lowest BCUT2D eigenvalue weighted by Crippen LogP contribution is -2.38. The van der Waals surface area contributed by atoms with E-state index < -0.39 is 17.7 Å². The predicted octanol–water partition coefficient (Wildman–Crippen LogP) is 2.54. The summed E-state index contributed by atoms with van der Waals surface area (Å²) in [4.78, 5) is 29.9. The van der Waals surface area contributed by atoms with E-state index in [1.54, 1.807) is 36.4 Å². The number of aromatic hydroxyl groups is 1. The highest BCUT2D eigenvalue weighted by molar-refractivity contribution is 6.46. The molecule has 0 saturated carbocycles. The summed E-state index contributed by atoms with van der Waals surface area (Å²) >= 11 is 0. The van der Waals surface area contributed by atoms with Crippen LogP contribution in [0.3, 0.4) is 0 Å². The number of morpholine rings is 1. The van der Waals surface area contributed by atoms with Crippen molar-refractivity contribution in [2.75, 3.05) is 46.5 Å². The van der Waals surface area contributed by atoms with Crippen LogP contribution >= 0.6 is 0 Å². The van der Waals surface area contributed by atoms with Gasteiger partial charge in [-0.1, -0.05) is 24.3 Å². The van der Waals surface area contributed by atoms with E-state index in [4.69, 9.17) is 9.47 Å². The molecule has 2 aromatic rings. The third-order valence-electron chi connectivity index (χ3n) is 6.07. The number of aliphatic hydroxyl groups is 1. The molecular formula is C25H28N2O6. The summed E-state index contributed by atoms with van der Waals surface area (Å²) in [6.07, 6.45) is 0.681. The number of methoxy groups -OCH3 is 1. The molecule has 2 aromatic carbocycles. The highest BCUT2D eigenvalue weighted by Crippen LogP contribution is 2.40. The number of phenols is 1. The maximum absolute atomic E-state index is 13.1. The number of ether oxygens (including phenoxy) is 2. The van der Waals surface area contributed by atoms with Gasteiger partial charge in [0.15, 0.2) is 0 Å². The summed E-state index contributed by atoms with van der Waals surface area (Å²) < 4.78 is 10.6. The van der Waals surface area contributed by atoms with E-state index >= 15 is 0 Å². The Morgan fingerprint density at radius 1 is 1.09 bits per heavy atom. The maximum Gasteiger partial charge on any atom is 0.295 e. The molecule has 0 radical (unpaired) electrons. The van der Waals surface area contributed by atoms with Crippen LogP contribution in [0.2, 0.25) is 0 Å². The van der Waals surface area contributed by atoms with Gasteiger partial charge in [-0.3, -0.25) is 14.5 Å². The second-order valence-electron chi connectivity index (χ2n) is 8.12. The van der Waals surface area contributed by atoms with Crippen LogP contribution in [0.4, 0.5) is 0 Å². The van der Waals surface area contributed by atoms with E-state index in [0.29, 0.717) is 43.1 Å². The average Bonchev–Trinajstić information content (AvgIpc) is 3.10. The summed E-state index contributed by atoms with van der Waals surface area (Å²) in [5, 5.41) is 20.8. The number of nitrogens with zero attached hydrogens (tertiary/aromatic N) is 2. The number of aliphatic hydroxyl groups excluding tert-OH is 1. The third kappa shape index (κ3) is 4.86. The third-order valence-corrected chi connectivity index (χ3v) is 6.07. The first-order chi connectivity index (χ1) is 16.0. The molecule has 1 unspecified atom stereocenters. The SMILES string of the molecule is COc1cccc(C(O)=C2C(=O)C(=O)N(CCCN3CCOCC3)C2c2ccc(O)cc2)c1. The largest absolute Gasteiger partial charge is 0.508 e. The van der Waals surface area contributed by atoms with Gasteiger partial charge in [0.1, 0.15) is 17.3 Å². The summed E-state index contributed by atoms with van der Waals surface area (Å²) in [6, 6.07) is 12.3. The van der Waals surface area contributed by atoms with Crippen LogP contribution in [0.15, 0.2) is 54.1 Å². The van der Waals surface area contributed by atoms with Crippen molar-refractivity contribution >= 4 is 17.4 Å². The Hall–Kier alpha value is -3.36. The molecular weight excluding hydrogens is 424 g/mol. The molecule has 0 aromatic heterocycles. The number of rotatable bonds is 7. The van der Waals surface area contributed by atoms with Crippen LogP contribution in [0.5, 0.6) is 11.5 Å². The summed E-state index contributed by atoms with van der Waals surface area (Å²) in [7, 11) is 1.52. The summed E-state index contributed by atoms with van der Waals surface area (Å²) in [5.74, 6) is -1.00. The zero-order valence-electron chi connectivity index (χ0n) is 18.6. The number of hydrogen-bond acceptors (Lipinski definition) is 7. The van der Waals surface area contributed by atoms with Gasteiger partial charge in [0.25, 0.3) is 11.7 Å². The van der Waals surface area contributed by atoms with Gasteiger partial charge in [-0.2, -0.15) is 0 Å². The standard InChI is InChI=1S/C25H28N2O6/c1-32-20-5-2-4-18(16-20)23(29)21-22(17-6-8-19(28)9-7-17)27(25(31)24(21)30)11-3-10-26-12-14-33-15-13-26/h2,4-9,16,22,28-29H,3,10-15H2,1H3. The molecule has 1 amide bonds. The van der Waals surface area contributed by atoms with Crippen LogP contribution in [0.25, 0.3) is 5.76 Å². The van der Waals surface area contributed by atoms with Crippen molar-refractivity contribution < 1.29 is 29.3 Å². The topological polar surface area (TPSA) is 99.5 Å². The van der Waals surface area contributed by atoms with Gasteiger partial charge in [-0.25, -0.2) is 0 Å². The average molecular weight is 453 g/mol. The van der Waals surface area contributed by atoms with Crippen molar-refractivity contribution in [3.8, 4) is 11.5 Å². The fourth-order valence-corrected chi connectivity index (χ4v) is 4.33. The number of carbonyl (C=O) groups excluding carboxylic acids is 2. The molecule has 2 aliphatic rings. The minimum Gasteiger partial charge on any atom is -0.508 e. The Morgan fingerprint density at radius 3 is 2.52 bits per heavy atom. The summed E-state index contributed by atoms with van der Waals surface area (Å²) in [6.45, 7) is 4.22. The quantitative estimate of drug-likeness (QED) is 0.378. The van der Waals surface area contributed by atoms with Crippen molar-refractivity contribution in [3.63, 3.8) is 0 Å². The number of Topliss-reactive ketones (excluding diaryl/α,β-unsaturated/α-hetero) is 1. The molecule has 2 heterocycles. The lowest BCUT2D eigenvalue weighted by Gasteiger charge is -2.29. The highest BCUT2D eigenvalue weighted by atomic mass is 16.5. The number of amides is 1.